The molecule has 1 aromatic heterocycles. The smallest absolute Gasteiger partial charge is 0.170 e. The minimum Gasteiger partial charge on any atom is -0.313 e. The predicted octanol–water partition coefficient (Wildman–Crippen LogP) is 1.26. The second kappa shape index (κ2) is 4.86. The molecule has 0 saturated carbocycles. The maximum atomic E-state index is 4.13. The molecule has 2 aromatic rings. The summed E-state index contributed by atoms with van der Waals surface area (Å²) in [5.41, 5.74) is 4.00. The van der Waals surface area contributed by atoms with Crippen molar-refractivity contribution in [2.24, 2.45) is 0 Å². The van der Waals surface area contributed by atoms with E-state index in [0.717, 1.165) is 17.9 Å². The standard InChI is InChI=1S/C13H17N5/c1-14-9-13-15-16-17-18(13)12-8-4-6-10-5-2-3-7-11(10)12/h4,6,8,14H,2-3,5,7,9H2,1H3. The Morgan fingerprint density at radius 1 is 1.28 bits per heavy atom. The van der Waals surface area contributed by atoms with Crippen molar-refractivity contribution in [3.05, 3.63) is 35.2 Å². The largest absolute Gasteiger partial charge is 0.313 e. The van der Waals surface area contributed by atoms with Gasteiger partial charge in [-0.15, -0.1) is 5.10 Å². The first-order valence-corrected chi connectivity index (χ1v) is 6.43. The van der Waals surface area contributed by atoms with Crippen molar-refractivity contribution in [3.63, 3.8) is 0 Å². The van der Waals surface area contributed by atoms with E-state index in [2.05, 4.69) is 39.0 Å². The molecule has 0 aliphatic heterocycles. The normalized spacial score (nSPS) is 14.5. The first-order chi connectivity index (χ1) is 8.90. The maximum absolute atomic E-state index is 4.13. The molecule has 0 saturated heterocycles. The summed E-state index contributed by atoms with van der Waals surface area (Å²) < 4.78 is 1.86. The Balaban J connectivity index is 2.08. The minimum atomic E-state index is 0.677. The molecule has 0 spiro atoms. The fraction of sp³-hybridized carbons (Fsp3) is 0.462. The summed E-state index contributed by atoms with van der Waals surface area (Å²) in [4.78, 5) is 0. The number of hydrogen-bond donors (Lipinski definition) is 1. The fourth-order valence-electron chi connectivity index (χ4n) is 2.62. The Bertz CT molecular complexity index is 546. The number of fused-ring (bicyclic) bond motifs is 1. The zero-order valence-corrected chi connectivity index (χ0v) is 10.6. The van der Waals surface area contributed by atoms with E-state index in [1.165, 1.54) is 30.4 Å². The lowest BCUT2D eigenvalue weighted by atomic mass is 9.90. The summed E-state index contributed by atoms with van der Waals surface area (Å²) >= 11 is 0. The highest BCUT2D eigenvalue weighted by molar-refractivity contribution is 5.47. The molecule has 1 aromatic carbocycles. The van der Waals surface area contributed by atoms with Crippen LogP contribution in [0, 0.1) is 0 Å². The Morgan fingerprint density at radius 2 is 2.17 bits per heavy atom. The number of nitrogens with one attached hydrogen (secondary N) is 1. The van der Waals surface area contributed by atoms with Crippen LogP contribution >= 0.6 is 0 Å². The van der Waals surface area contributed by atoms with Crippen LogP contribution in [0.2, 0.25) is 0 Å². The van der Waals surface area contributed by atoms with Crippen LogP contribution in [-0.4, -0.2) is 27.3 Å². The molecule has 5 heteroatoms. The number of rotatable bonds is 3. The molecule has 1 heterocycles. The molecule has 94 valence electrons. The number of hydrogen-bond acceptors (Lipinski definition) is 4. The van der Waals surface area contributed by atoms with Gasteiger partial charge in [0.05, 0.1) is 12.2 Å². The average molecular weight is 243 g/mol. The summed E-state index contributed by atoms with van der Waals surface area (Å²) in [5.74, 6) is 0.858. The molecule has 18 heavy (non-hydrogen) atoms. The van der Waals surface area contributed by atoms with Gasteiger partial charge in [-0.2, -0.15) is 4.68 Å². The molecule has 0 fully saturated rings. The van der Waals surface area contributed by atoms with Crippen molar-refractivity contribution >= 4 is 0 Å². The molecule has 1 aliphatic rings. The van der Waals surface area contributed by atoms with Crippen molar-refractivity contribution < 1.29 is 0 Å². The quantitative estimate of drug-likeness (QED) is 0.881. The van der Waals surface area contributed by atoms with Gasteiger partial charge in [0.25, 0.3) is 0 Å². The van der Waals surface area contributed by atoms with E-state index in [0.29, 0.717) is 6.54 Å². The highest BCUT2D eigenvalue weighted by Gasteiger charge is 2.16. The lowest BCUT2D eigenvalue weighted by molar-refractivity contribution is 0.661. The third-order valence-electron chi connectivity index (χ3n) is 3.47. The van der Waals surface area contributed by atoms with Crippen LogP contribution in [0.5, 0.6) is 0 Å². The van der Waals surface area contributed by atoms with Crippen LogP contribution in [0.15, 0.2) is 18.2 Å². The van der Waals surface area contributed by atoms with Crippen molar-refractivity contribution in [2.75, 3.05) is 7.05 Å². The van der Waals surface area contributed by atoms with Gasteiger partial charge in [-0.1, -0.05) is 12.1 Å². The van der Waals surface area contributed by atoms with Crippen LogP contribution < -0.4 is 5.32 Å². The Hall–Kier alpha value is -1.75. The van der Waals surface area contributed by atoms with Gasteiger partial charge in [0.15, 0.2) is 5.82 Å². The van der Waals surface area contributed by atoms with E-state index in [1.54, 1.807) is 0 Å². The van der Waals surface area contributed by atoms with E-state index >= 15 is 0 Å². The van der Waals surface area contributed by atoms with Gasteiger partial charge in [0.2, 0.25) is 0 Å². The van der Waals surface area contributed by atoms with Gasteiger partial charge in [-0.25, -0.2) is 0 Å². The number of tetrazole rings is 1. The predicted molar refractivity (Wildman–Crippen MR) is 68.6 cm³/mol. The van der Waals surface area contributed by atoms with Gasteiger partial charge in [0, 0.05) is 0 Å². The SMILES string of the molecule is CNCc1nnnn1-c1cccc2c1CCCC2. The zero-order chi connectivity index (χ0) is 12.4. The third-order valence-corrected chi connectivity index (χ3v) is 3.47. The molecule has 0 unspecified atom stereocenters. The fourth-order valence-corrected chi connectivity index (χ4v) is 2.62. The molecule has 0 amide bonds. The lowest BCUT2D eigenvalue weighted by Crippen LogP contribution is -2.15. The molecule has 0 atom stereocenters. The summed E-state index contributed by atoms with van der Waals surface area (Å²) in [6.07, 6.45) is 4.85. The van der Waals surface area contributed by atoms with E-state index in [1.807, 2.05) is 11.7 Å². The van der Waals surface area contributed by atoms with E-state index in [-0.39, 0.29) is 0 Å². The topological polar surface area (TPSA) is 55.6 Å². The molecule has 1 aliphatic carbocycles. The van der Waals surface area contributed by atoms with Crippen LogP contribution in [0.25, 0.3) is 5.69 Å². The van der Waals surface area contributed by atoms with Crippen molar-refractivity contribution in [3.8, 4) is 5.69 Å². The van der Waals surface area contributed by atoms with Crippen molar-refractivity contribution in [1.29, 1.82) is 0 Å². The highest BCUT2D eigenvalue weighted by atomic mass is 15.5. The maximum Gasteiger partial charge on any atom is 0.170 e. The number of aromatic nitrogens is 4. The second-order valence-corrected chi connectivity index (χ2v) is 4.66. The number of nitrogens with zero attached hydrogens (tertiary/aromatic N) is 4. The average Bonchev–Trinajstić information content (AvgIpc) is 2.87. The molecular weight excluding hydrogens is 226 g/mol. The van der Waals surface area contributed by atoms with Crippen LogP contribution in [0.3, 0.4) is 0 Å². The first kappa shape index (κ1) is 11.3. The number of aryl methyl sites for hydroxylation is 1. The Morgan fingerprint density at radius 3 is 3.06 bits per heavy atom. The monoisotopic (exact) mass is 243 g/mol. The van der Waals surface area contributed by atoms with E-state index in [4.69, 9.17) is 0 Å². The van der Waals surface area contributed by atoms with E-state index < -0.39 is 0 Å². The Labute approximate surface area is 106 Å². The second-order valence-electron chi connectivity index (χ2n) is 4.66. The van der Waals surface area contributed by atoms with Gasteiger partial charge in [0.1, 0.15) is 0 Å². The summed E-state index contributed by atoms with van der Waals surface area (Å²) in [7, 11) is 1.90. The molecule has 0 bridgehead atoms. The van der Waals surface area contributed by atoms with Crippen LogP contribution in [0.4, 0.5) is 0 Å². The van der Waals surface area contributed by atoms with Gasteiger partial charge < -0.3 is 5.32 Å². The van der Waals surface area contributed by atoms with Gasteiger partial charge >= 0.3 is 0 Å². The molecule has 5 nitrogen and oxygen atoms in total. The van der Waals surface area contributed by atoms with Crippen LogP contribution in [0.1, 0.15) is 29.8 Å². The lowest BCUT2D eigenvalue weighted by Gasteiger charge is -2.19. The first-order valence-electron chi connectivity index (χ1n) is 6.43. The van der Waals surface area contributed by atoms with Gasteiger partial charge in [-0.3, -0.25) is 0 Å². The molecule has 3 rings (SSSR count). The van der Waals surface area contributed by atoms with E-state index in [9.17, 15) is 0 Å². The molecule has 1 N–H and O–H groups in total. The van der Waals surface area contributed by atoms with Crippen molar-refractivity contribution in [2.45, 2.75) is 32.2 Å². The Kier molecular flexibility index (Phi) is 3.06. The summed E-state index contributed by atoms with van der Waals surface area (Å²) in [6.45, 7) is 0.677. The molecular formula is C13H17N5. The molecule has 0 radical (unpaired) electrons. The van der Waals surface area contributed by atoms with Gasteiger partial charge in [-0.05, 0) is 60.4 Å². The minimum absolute atomic E-state index is 0.677. The zero-order valence-electron chi connectivity index (χ0n) is 10.6. The summed E-state index contributed by atoms with van der Waals surface area (Å²) in [5, 5.41) is 15.1. The summed E-state index contributed by atoms with van der Waals surface area (Å²) in [6, 6.07) is 6.43. The van der Waals surface area contributed by atoms with Crippen LogP contribution in [-0.2, 0) is 19.4 Å². The third kappa shape index (κ3) is 1.90. The highest BCUT2D eigenvalue weighted by Crippen LogP contribution is 2.26. The number of benzene rings is 1. The van der Waals surface area contributed by atoms with Crippen molar-refractivity contribution in [1.82, 2.24) is 25.5 Å².